The highest BCUT2D eigenvalue weighted by atomic mass is 32.2. The Kier molecular flexibility index (Phi) is 4.21. The maximum absolute atomic E-state index is 12.5. The highest BCUT2D eigenvalue weighted by Crippen LogP contribution is 2.20. The molecule has 0 fully saturated rings. The van der Waals surface area contributed by atoms with E-state index in [1.54, 1.807) is 33.3 Å². The predicted octanol–water partition coefficient (Wildman–Crippen LogP) is 0.200. The second-order valence-corrected chi connectivity index (χ2v) is 6.12. The van der Waals surface area contributed by atoms with Crippen LogP contribution in [0.25, 0.3) is 0 Å². The molecule has 0 saturated carbocycles. The molecule has 0 aromatic carbocycles. The van der Waals surface area contributed by atoms with Crippen LogP contribution in [-0.2, 0) is 16.6 Å². The van der Waals surface area contributed by atoms with Crippen LogP contribution in [-0.4, -0.2) is 35.6 Å². The van der Waals surface area contributed by atoms with Gasteiger partial charge in [-0.2, -0.15) is 5.10 Å². The van der Waals surface area contributed by atoms with Crippen molar-refractivity contribution in [1.29, 1.82) is 0 Å². The van der Waals surface area contributed by atoms with Crippen LogP contribution in [0.2, 0.25) is 0 Å². The summed E-state index contributed by atoms with van der Waals surface area (Å²) < 4.78 is 27.5. The highest BCUT2D eigenvalue weighted by Gasteiger charge is 2.26. The summed E-state index contributed by atoms with van der Waals surface area (Å²) in [5.41, 5.74) is 0.971. The average Bonchev–Trinajstić information content (AvgIpc) is 2.99. The molecule has 0 saturated heterocycles. The summed E-state index contributed by atoms with van der Waals surface area (Å²) >= 11 is 0. The van der Waals surface area contributed by atoms with Crippen molar-refractivity contribution in [2.75, 3.05) is 7.05 Å². The summed E-state index contributed by atoms with van der Waals surface area (Å²) in [5.74, 6) is 0.560. The van der Waals surface area contributed by atoms with E-state index in [0.29, 0.717) is 23.8 Å². The molecular weight excluding hydrogens is 280 g/mol. The molecule has 0 aliphatic carbocycles. The lowest BCUT2D eigenvalue weighted by Gasteiger charge is -2.12. The van der Waals surface area contributed by atoms with E-state index in [1.807, 2.05) is 0 Å². The Morgan fingerprint density at radius 2 is 2.20 bits per heavy atom. The molecular formula is C11H18N6O2S. The number of aromatic amines is 2. The summed E-state index contributed by atoms with van der Waals surface area (Å²) in [6.07, 6.45) is 3.23. The number of sulfonamides is 1. The fourth-order valence-corrected chi connectivity index (χ4v) is 3.55. The number of hydrogen-bond acceptors (Lipinski definition) is 5. The molecule has 2 rings (SSSR count). The molecule has 0 spiro atoms. The summed E-state index contributed by atoms with van der Waals surface area (Å²) in [6, 6.07) is -0.452. The maximum Gasteiger partial charge on any atom is 0.244 e. The fraction of sp³-hybridized carbons (Fsp3) is 0.455. The van der Waals surface area contributed by atoms with Crippen molar-refractivity contribution in [3.63, 3.8) is 0 Å². The van der Waals surface area contributed by atoms with E-state index in [-0.39, 0.29) is 4.90 Å². The SMILES string of the molecule is CNCc1n[nH]c(C)c1S(=O)(=O)NC(C)c1ncc[nH]1. The standard InChI is InChI=1S/C11H18N6O2S/c1-7-10(9(6-12-3)16-15-7)20(18,19)17-8(2)11-13-4-5-14-11/h4-5,8,12,17H,6H2,1-3H3,(H,13,14)(H,15,16). The van der Waals surface area contributed by atoms with Crippen molar-refractivity contribution >= 4 is 10.0 Å². The van der Waals surface area contributed by atoms with Gasteiger partial charge < -0.3 is 10.3 Å². The minimum absolute atomic E-state index is 0.185. The highest BCUT2D eigenvalue weighted by molar-refractivity contribution is 7.89. The van der Waals surface area contributed by atoms with Gasteiger partial charge in [0.15, 0.2) is 0 Å². The second-order valence-electron chi connectivity index (χ2n) is 4.47. The first-order valence-electron chi connectivity index (χ1n) is 6.15. The van der Waals surface area contributed by atoms with E-state index in [1.165, 1.54) is 0 Å². The fourth-order valence-electron chi connectivity index (χ4n) is 1.97. The number of rotatable bonds is 6. The number of aromatic nitrogens is 4. The number of H-pyrrole nitrogens is 2. The van der Waals surface area contributed by atoms with E-state index in [9.17, 15) is 8.42 Å². The Balaban J connectivity index is 2.29. The summed E-state index contributed by atoms with van der Waals surface area (Å²) in [7, 11) is -1.93. The number of nitrogens with one attached hydrogen (secondary N) is 4. The van der Waals surface area contributed by atoms with Gasteiger partial charge in [0.2, 0.25) is 10.0 Å². The molecule has 0 aliphatic rings. The van der Waals surface area contributed by atoms with Gasteiger partial charge in [-0.15, -0.1) is 0 Å². The van der Waals surface area contributed by atoms with Crippen LogP contribution in [0, 0.1) is 6.92 Å². The van der Waals surface area contributed by atoms with Crippen molar-refractivity contribution in [1.82, 2.24) is 30.2 Å². The minimum atomic E-state index is -3.67. The third-order valence-corrected chi connectivity index (χ3v) is 4.58. The Labute approximate surface area is 117 Å². The lowest BCUT2D eigenvalue weighted by Crippen LogP contribution is -2.29. The largest absolute Gasteiger partial charge is 0.347 e. The first kappa shape index (κ1) is 14.7. The zero-order chi connectivity index (χ0) is 14.8. The molecule has 0 aliphatic heterocycles. The molecule has 20 heavy (non-hydrogen) atoms. The second kappa shape index (κ2) is 5.73. The van der Waals surface area contributed by atoms with Crippen molar-refractivity contribution in [2.45, 2.75) is 31.3 Å². The molecule has 1 atom stereocenters. The molecule has 4 N–H and O–H groups in total. The van der Waals surface area contributed by atoms with Crippen LogP contribution in [0.1, 0.15) is 30.2 Å². The molecule has 2 aromatic heterocycles. The number of hydrogen-bond donors (Lipinski definition) is 4. The molecule has 2 aromatic rings. The topological polar surface area (TPSA) is 116 Å². The van der Waals surface area contributed by atoms with Gasteiger partial charge >= 0.3 is 0 Å². The molecule has 0 radical (unpaired) electrons. The van der Waals surface area contributed by atoms with Gasteiger partial charge in [-0.1, -0.05) is 0 Å². The molecule has 0 bridgehead atoms. The van der Waals surface area contributed by atoms with Crippen LogP contribution < -0.4 is 10.0 Å². The number of nitrogens with zero attached hydrogens (tertiary/aromatic N) is 2. The van der Waals surface area contributed by atoms with E-state index in [0.717, 1.165) is 0 Å². The van der Waals surface area contributed by atoms with E-state index in [4.69, 9.17) is 0 Å². The molecule has 9 heteroatoms. The van der Waals surface area contributed by atoms with Crippen LogP contribution in [0.5, 0.6) is 0 Å². The van der Waals surface area contributed by atoms with Gasteiger partial charge in [0, 0.05) is 18.9 Å². The maximum atomic E-state index is 12.5. The Morgan fingerprint density at radius 3 is 2.80 bits per heavy atom. The first-order chi connectivity index (χ1) is 9.45. The van der Waals surface area contributed by atoms with Crippen LogP contribution in [0.3, 0.4) is 0 Å². The molecule has 8 nitrogen and oxygen atoms in total. The smallest absolute Gasteiger partial charge is 0.244 e. The lowest BCUT2D eigenvalue weighted by molar-refractivity contribution is 0.559. The average molecular weight is 298 g/mol. The normalized spacial score (nSPS) is 13.6. The first-order valence-corrected chi connectivity index (χ1v) is 7.64. The van der Waals surface area contributed by atoms with Gasteiger partial charge in [-0.25, -0.2) is 18.1 Å². The van der Waals surface area contributed by atoms with E-state index >= 15 is 0 Å². The lowest BCUT2D eigenvalue weighted by atomic mass is 10.3. The van der Waals surface area contributed by atoms with Crippen LogP contribution >= 0.6 is 0 Å². The number of imidazole rings is 1. The molecule has 1 unspecified atom stereocenters. The third kappa shape index (κ3) is 2.89. The molecule has 0 amide bonds. The Morgan fingerprint density at radius 1 is 1.45 bits per heavy atom. The summed E-state index contributed by atoms with van der Waals surface area (Å²) in [4.78, 5) is 7.12. The van der Waals surface area contributed by atoms with E-state index in [2.05, 4.69) is 30.2 Å². The zero-order valence-electron chi connectivity index (χ0n) is 11.6. The predicted molar refractivity (Wildman–Crippen MR) is 73.4 cm³/mol. The minimum Gasteiger partial charge on any atom is -0.347 e. The zero-order valence-corrected chi connectivity index (χ0v) is 12.4. The van der Waals surface area contributed by atoms with E-state index < -0.39 is 16.1 Å². The van der Waals surface area contributed by atoms with Crippen molar-refractivity contribution < 1.29 is 8.42 Å². The van der Waals surface area contributed by atoms with Crippen molar-refractivity contribution in [3.8, 4) is 0 Å². The van der Waals surface area contributed by atoms with Crippen LogP contribution in [0.15, 0.2) is 17.3 Å². The number of aryl methyl sites for hydroxylation is 1. The van der Waals surface area contributed by atoms with Gasteiger partial charge in [0.05, 0.1) is 17.4 Å². The summed E-state index contributed by atoms with van der Waals surface area (Å²) in [6.45, 7) is 3.78. The summed E-state index contributed by atoms with van der Waals surface area (Å²) in [5, 5.41) is 9.61. The Bertz CT molecular complexity index is 661. The van der Waals surface area contributed by atoms with Crippen molar-refractivity contribution in [3.05, 3.63) is 29.6 Å². The van der Waals surface area contributed by atoms with Crippen LogP contribution in [0.4, 0.5) is 0 Å². The van der Waals surface area contributed by atoms with Crippen molar-refractivity contribution in [2.24, 2.45) is 0 Å². The quantitative estimate of drug-likeness (QED) is 0.608. The third-order valence-electron chi connectivity index (χ3n) is 2.84. The van der Waals surface area contributed by atoms with Gasteiger partial charge in [0.1, 0.15) is 10.7 Å². The monoisotopic (exact) mass is 298 g/mol. The van der Waals surface area contributed by atoms with Gasteiger partial charge in [0.25, 0.3) is 0 Å². The Hall–Kier alpha value is -1.71. The van der Waals surface area contributed by atoms with Gasteiger partial charge in [-0.05, 0) is 20.9 Å². The molecule has 110 valence electrons. The van der Waals surface area contributed by atoms with Gasteiger partial charge in [-0.3, -0.25) is 5.10 Å². The molecule has 2 heterocycles.